The molecule has 4 saturated heterocycles. The summed E-state index contributed by atoms with van der Waals surface area (Å²) >= 11 is 2.88. The summed E-state index contributed by atoms with van der Waals surface area (Å²) in [5, 5.41) is 45.7. The lowest BCUT2D eigenvalue weighted by molar-refractivity contribution is -0.205. The lowest BCUT2D eigenvalue weighted by Crippen LogP contribution is -2.65. The van der Waals surface area contributed by atoms with Gasteiger partial charge >= 0.3 is 0 Å². The van der Waals surface area contributed by atoms with Crippen LogP contribution >= 0.6 is 23.5 Å². The molecule has 4 aliphatic rings. The molecule has 4 heterocycles. The van der Waals surface area contributed by atoms with Crippen LogP contribution in [-0.4, -0.2) is 123 Å². The highest BCUT2D eigenvalue weighted by Gasteiger charge is 2.50. The maximum absolute atomic E-state index is 14.0. The number of nitrogens with one attached hydrogen (secondary N) is 2. The number of rotatable bonds is 11. The summed E-state index contributed by atoms with van der Waals surface area (Å²) in [6.45, 7) is 10.9. The van der Waals surface area contributed by atoms with Gasteiger partial charge in [0, 0.05) is 29.8 Å². The molecule has 1 amide bonds. The van der Waals surface area contributed by atoms with E-state index in [4.69, 9.17) is 19.4 Å². The predicted molar refractivity (Wildman–Crippen MR) is 184 cm³/mol. The highest BCUT2D eigenvalue weighted by Crippen LogP contribution is 2.36. The number of ether oxygens (including phenoxy) is 2. The van der Waals surface area contributed by atoms with Crippen LogP contribution in [-0.2, 0) is 25.6 Å². The largest absolute Gasteiger partial charge is 0.483 e. The van der Waals surface area contributed by atoms with Crippen LogP contribution < -0.4 is 10.6 Å². The van der Waals surface area contributed by atoms with Crippen LogP contribution in [0.25, 0.3) is 0 Å². The van der Waals surface area contributed by atoms with Crippen molar-refractivity contribution in [3.63, 3.8) is 0 Å². The fourth-order valence-corrected chi connectivity index (χ4v) is 9.29. The van der Waals surface area contributed by atoms with Crippen LogP contribution in [0.5, 0.6) is 0 Å². The monoisotopic (exact) mass is 697 g/mol. The molecule has 13 heteroatoms. The minimum absolute atomic E-state index is 0.185. The Morgan fingerprint density at radius 1 is 1.11 bits per heavy atom. The highest BCUT2D eigenvalue weighted by atomic mass is 32.2. The highest BCUT2D eigenvalue weighted by molar-refractivity contribution is 8.00. The smallest absolute Gasteiger partial charge is 0.290 e. The van der Waals surface area contributed by atoms with E-state index in [0.717, 1.165) is 43.9 Å². The summed E-state index contributed by atoms with van der Waals surface area (Å²) in [5.74, 6) is 1.32. The molecule has 11 atom stereocenters. The zero-order valence-electron chi connectivity index (χ0n) is 28.1. The fraction of sp³-hybridized carbons (Fsp3) is 0.765. The third-order valence-electron chi connectivity index (χ3n) is 9.81. The molecule has 0 unspecified atom stereocenters. The van der Waals surface area contributed by atoms with Crippen molar-refractivity contribution in [3.05, 3.63) is 29.8 Å². The van der Waals surface area contributed by atoms with Crippen molar-refractivity contribution in [2.75, 3.05) is 32.5 Å². The first-order chi connectivity index (χ1) is 22.6. The Morgan fingerprint density at radius 2 is 1.79 bits per heavy atom. The van der Waals surface area contributed by atoms with Crippen LogP contribution in [0.4, 0.5) is 0 Å². The minimum Gasteiger partial charge on any atom is -0.483 e. The lowest BCUT2D eigenvalue weighted by atomic mass is 9.85. The Hall–Kier alpha value is -1.42. The molecule has 4 fully saturated rings. The topological polar surface area (TPSA) is 161 Å². The number of benzene rings is 1. The van der Waals surface area contributed by atoms with Gasteiger partial charge in [0.2, 0.25) is 5.91 Å². The molecule has 0 saturated carbocycles. The van der Waals surface area contributed by atoms with Crippen LogP contribution in [0.15, 0.2) is 29.2 Å². The second kappa shape index (κ2) is 18.5. The SMILES string of the molecule is CS[C@H]1O[C@H]([C@H](NC(=O)[C@H]2NC[C@@H]3C[C@H](CC(C)C)CCO[C@H]32)[C@H](C)Sc2ccc(CN3CCCC3)cc2)[C@H](O)[C@H](O)[C@H]1O.O=CO. The maximum Gasteiger partial charge on any atom is 0.290 e. The maximum atomic E-state index is 14.0. The molecule has 0 spiro atoms. The van der Waals surface area contributed by atoms with Crippen molar-refractivity contribution >= 4 is 35.9 Å². The number of carbonyl (C=O) groups excluding carboxylic acids is 1. The van der Waals surface area contributed by atoms with E-state index >= 15 is 0 Å². The first-order valence-corrected chi connectivity index (χ1v) is 19.2. The molecule has 1 aromatic carbocycles. The fourth-order valence-electron chi connectivity index (χ4n) is 7.52. The van der Waals surface area contributed by atoms with E-state index in [-0.39, 0.29) is 29.7 Å². The number of hydrogen-bond acceptors (Lipinski definition) is 11. The summed E-state index contributed by atoms with van der Waals surface area (Å²) in [7, 11) is 0. The zero-order chi connectivity index (χ0) is 34.1. The predicted octanol–water partition coefficient (Wildman–Crippen LogP) is 2.55. The van der Waals surface area contributed by atoms with Crippen molar-refractivity contribution in [2.45, 2.75) is 118 Å². The molecular weight excluding hydrogens is 643 g/mol. The zero-order valence-corrected chi connectivity index (χ0v) is 29.7. The lowest BCUT2D eigenvalue weighted by Gasteiger charge is -2.44. The second-order valence-electron chi connectivity index (χ2n) is 13.8. The summed E-state index contributed by atoms with van der Waals surface area (Å²) < 4.78 is 12.5. The van der Waals surface area contributed by atoms with E-state index in [0.29, 0.717) is 18.4 Å². The third kappa shape index (κ3) is 10.3. The first kappa shape index (κ1) is 38.4. The number of hydrogen-bond donors (Lipinski definition) is 6. The van der Waals surface area contributed by atoms with Gasteiger partial charge in [-0.05, 0) is 86.9 Å². The molecule has 5 rings (SSSR count). The van der Waals surface area contributed by atoms with E-state index < -0.39 is 41.9 Å². The number of nitrogens with zero attached hydrogens (tertiary/aromatic N) is 1. The Morgan fingerprint density at radius 3 is 2.43 bits per heavy atom. The van der Waals surface area contributed by atoms with Gasteiger partial charge in [-0.1, -0.05) is 32.9 Å². The van der Waals surface area contributed by atoms with E-state index in [2.05, 4.69) is 53.6 Å². The molecule has 0 aromatic heterocycles. The molecular formula is C34H55N3O8S2. The van der Waals surface area contributed by atoms with Gasteiger partial charge in [-0.15, -0.1) is 23.5 Å². The number of amides is 1. The van der Waals surface area contributed by atoms with Crippen molar-refractivity contribution in [1.82, 2.24) is 15.5 Å². The number of carbonyl (C=O) groups is 2. The van der Waals surface area contributed by atoms with Crippen LogP contribution in [0.2, 0.25) is 0 Å². The van der Waals surface area contributed by atoms with E-state index in [1.54, 1.807) is 18.0 Å². The summed E-state index contributed by atoms with van der Waals surface area (Å²) in [5.41, 5.74) is 0.553. The average Bonchev–Trinajstić information content (AvgIpc) is 3.65. The Balaban J connectivity index is 0.00000160. The Kier molecular flexibility index (Phi) is 15.1. The molecule has 266 valence electrons. The Bertz CT molecular complexity index is 1110. The van der Waals surface area contributed by atoms with E-state index in [9.17, 15) is 20.1 Å². The quantitative estimate of drug-likeness (QED) is 0.148. The molecule has 0 radical (unpaired) electrons. The number of thioether (sulfide) groups is 2. The van der Waals surface area contributed by atoms with Crippen molar-refractivity contribution in [3.8, 4) is 0 Å². The van der Waals surface area contributed by atoms with Crippen LogP contribution in [0.3, 0.4) is 0 Å². The van der Waals surface area contributed by atoms with Gasteiger partial charge in [-0.25, -0.2) is 0 Å². The number of aliphatic hydroxyl groups is 3. The van der Waals surface area contributed by atoms with Crippen LogP contribution in [0.1, 0.15) is 58.4 Å². The molecule has 1 aromatic rings. The summed E-state index contributed by atoms with van der Waals surface area (Å²) in [4.78, 5) is 25.9. The standard InChI is InChI=1S/C33H53N3O6S2.CH2O2/c1-19(2)15-22-11-14-41-30-23(16-22)17-34-26(30)32(40)35-25(31-28(38)27(37)29(39)33(42-31)43-4)20(3)44-24-9-7-21(8-10-24)18-36-12-5-6-13-36;2-1-3/h7-10,19-20,22-23,25-31,33-34,37-39H,5-6,11-18H2,1-4H3,(H,35,40);1H,(H,2,3)/t20-,22-,23-,25+,26-,27-,28+,29+,30+,31+,33+;/m0./s1. The molecule has 0 bridgehead atoms. The van der Waals surface area contributed by atoms with Gasteiger partial charge in [0.15, 0.2) is 0 Å². The number of aliphatic hydroxyl groups excluding tert-OH is 3. The molecule has 0 aliphatic carbocycles. The van der Waals surface area contributed by atoms with Gasteiger partial charge in [0.1, 0.15) is 35.9 Å². The summed E-state index contributed by atoms with van der Waals surface area (Å²) in [6.07, 6.45) is 2.47. The van der Waals surface area contributed by atoms with Gasteiger partial charge in [0.25, 0.3) is 6.47 Å². The van der Waals surface area contributed by atoms with Gasteiger partial charge in [-0.3, -0.25) is 14.5 Å². The minimum atomic E-state index is -1.38. The second-order valence-corrected chi connectivity index (χ2v) is 16.2. The van der Waals surface area contributed by atoms with E-state index in [1.165, 1.54) is 36.6 Å². The normalized spacial score (nSPS) is 34.1. The van der Waals surface area contributed by atoms with Crippen molar-refractivity contribution in [2.24, 2.45) is 17.8 Å². The molecule has 47 heavy (non-hydrogen) atoms. The van der Waals surface area contributed by atoms with Gasteiger partial charge in [0.05, 0.1) is 12.1 Å². The Labute approximate surface area is 287 Å². The summed E-state index contributed by atoms with van der Waals surface area (Å²) in [6, 6.07) is 7.41. The molecule has 4 aliphatic heterocycles. The van der Waals surface area contributed by atoms with Gasteiger partial charge in [-0.2, -0.15) is 0 Å². The number of carboxylic acid groups (broad SMARTS) is 1. The van der Waals surface area contributed by atoms with Crippen LogP contribution in [0, 0.1) is 17.8 Å². The molecule has 11 nitrogen and oxygen atoms in total. The number of fused-ring (bicyclic) bond motifs is 1. The van der Waals surface area contributed by atoms with Crippen molar-refractivity contribution in [1.29, 1.82) is 0 Å². The average molecular weight is 698 g/mol. The molecule has 6 N–H and O–H groups in total. The van der Waals surface area contributed by atoms with Crippen molar-refractivity contribution < 1.29 is 39.5 Å². The third-order valence-corrected chi connectivity index (χ3v) is 11.9. The van der Waals surface area contributed by atoms with Gasteiger partial charge < -0.3 is 40.5 Å². The van der Waals surface area contributed by atoms with E-state index in [1.807, 2.05) is 6.92 Å². The first-order valence-electron chi connectivity index (χ1n) is 17.0. The number of likely N-dealkylation sites (tertiary alicyclic amines) is 1.